The average molecular weight is 223 g/mol. The molecule has 0 spiro atoms. The first-order valence-electron chi connectivity index (χ1n) is 5.81. The number of hydrogen-bond acceptors (Lipinski definition) is 1. The van der Waals surface area contributed by atoms with Gasteiger partial charge in [-0.15, -0.1) is 0 Å². The fourth-order valence-electron chi connectivity index (χ4n) is 1.71. The second-order valence-electron chi connectivity index (χ2n) is 4.21. The van der Waals surface area contributed by atoms with Crippen molar-refractivity contribution in [3.05, 3.63) is 71.9 Å². The van der Waals surface area contributed by atoms with E-state index in [9.17, 15) is 0 Å². The van der Waals surface area contributed by atoms with E-state index >= 15 is 0 Å². The summed E-state index contributed by atoms with van der Waals surface area (Å²) in [4.78, 5) is 0. The van der Waals surface area contributed by atoms with E-state index in [-0.39, 0.29) is 0 Å². The van der Waals surface area contributed by atoms with Crippen molar-refractivity contribution in [1.82, 2.24) is 0 Å². The largest absolute Gasteiger partial charge is 0.361 e. The Bertz CT molecular complexity index is 512. The summed E-state index contributed by atoms with van der Waals surface area (Å²) in [6.45, 7) is 4.21. The maximum absolute atomic E-state index is 3.32. The molecule has 0 saturated heterocycles. The van der Waals surface area contributed by atoms with Crippen molar-refractivity contribution in [3.63, 3.8) is 0 Å². The highest BCUT2D eigenvalue weighted by atomic mass is 14.8. The first-order chi connectivity index (χ1) is 8.25. The van der Waals surface area contributed by atoms with Crippen molar-refractivity contribution in [2.24, 2.45) is 0 Å². The molecule has 2 aromatic carbocycles. The highest BCUT2D eigenvalue weighted by Crippen LogP contribution is 2.15. The van der Waals surface area contributed by atoms with Gasteiger partial charge in [-0.25, -0.2) is 0 Å². The van der Waals surface area contributed by atoms with E-state index in [1.54, 1.807) is 0 Å². The monoisotopic (exact) mass is 223 g/mol. The summed E-state index contributed by atoms with van der Waals surface area (Å²) in [6, 6.07) is 18.7. The first-order valence-corrected chi connectivity index (χ1v) is 5.81. The first kappa shape index (κ1) is 11.5. The zero-order chi connectivity index (χ0) is 12.1. The lowest BCUT2D eigenvalue weighted by molar-refractivity contribution is 1.45. The fourth-order valence-corrected chi connectivity index (χ4v) is 1.71. The van der Waals surface area contributed by atoms with Crippen LogP contribution in [0.25, 0.3) is 5.57 Å². The smallest absolute Gasteiger partial charge is 0.0382 e. The quantitative estimate of drug-likeness (QED) is 0.809. The molecule has 2 aromatic rings. The van der Waals surface area contributed by atoms with Crippen LogP contribution in [-0.4, -0.2) is 0 Å². The van der Waals surface area contributed by atoms with Crippen LogP contribution in [0, 0.1) is 6.92 Å². The molecule has 0 bridgehead atoms. The molecule has 0 amide bonds. The van der Waals surface area contributed by atoms with Gasteiger partial charge in [-0.3, -0.25) is 0 Å². The van der Waals surface area contributed by atoms with Crippen molar-refractivity contribution in [2.45, 2.75) is 13.8 Å². The molecule has 0 fully saturated rings. The SMILES string of the molecule is C/C(=C\Nc1cccc(C)c1)c1ccccc1. The van der Waals surface area contributed by atoms with Crippen LogP contribution in [0.15, 0.2) is 60.8 Å². The molecule has 0 aliphatic carbocycles. The molecule has 0 aromatic heterocycles. The molecule has 1 N–H and O–H groups in total. The van der Waals surface area contributed by atoms with Crippen LogP contribution in [0.1, 0.15) is 18.1 Å². The Labute approximate surface area is 103 Å². The third-order valence-corrected chi connectivity index (χ3v) is 2.70. The van der Waals surface area contributed by atoms with Crippen LogP contribution in [0.5, 0.6) is 0 Å². The lowest BCUT2D eigenvalue weighted by Gasteiger charge is -2.05. The summed E-state index contributed by atoms with van der Waals surface area (Å²) in [5, 5.41) is 3.32. The Kier molecular flexibility index (Phi) is 3.61. The normalized spacial score (nSPS) is 11.3. The Morgan fingerprint density at radius 2 is 1.76 bits per heavy atom. The Morgan fingerprint density at radius 3 is 2.47 bits per heavy atom. The third kappa shape index (κ3) is 3.22. The van der Waals surface area contributed by atoms with Crippen LogP contribution < -0.4 is 5.32 Å². The fraction of sp³-hybridized carbons (Fsp3) is 0.125. The maximum Gasteiger partial charge on any atom is 0.0382 e. The zero-order valence-electron chi connectivity index (χ0n) is 10.3. The van der Waals surface area contributed by atoms with Gasteiger partial charge in [0, 0.05) is 11.9 Å². The number of benzene rings is 2. The Balaban J connectivity index is 2.11. The Hall–Kier alpha value is -2.02. The number of anilines is 1. The molecule has 0 unspecified atom stereocenters. The van der Waals surface area contributed by atoms with Gasteiger partial charge in [0.1, 0.15) is 0 Å². The van der Waals surface area contributed by atoms with Crippen LogP contribution in [0.2, 0.25) is 0 Å². The molecule has 0 radical (unpaired) electrons. The van der Waals surface area contributed by atoms with Gasteiger partial charge in [-0.1, -0.05) is 42.5 Å². The molecule has 0 heterocycles. The van der Waals surface area contributed by atoms with E-state index in [1.165, 1.54) is 16.7 Å². The molecule has 1 nitrogen and oxygen atoms in total. The number of nitrogens with one attached hydrogen (secondary N) is 1. The molecule has 2 rings (SSSR count). The topological polar surface area (TPSA) is 12.0 Å². The van der Waals surface area contributed by atoms with E-state index in [0.29, 0.717) is 0 Å². The highest BCUT2D eigenvalue weighted by molar-refractivity contribution is 5.66. The molecular weight excluding hydrogens is 206 g/mol. The van der Waals surface area contributed by atoms with Gasteiger partial charge in [0.15, 0.2) is 0 Å². The number of allylic oxidation sites excluding steroid dienone is 1. The highest BCUT2D eigenvalue weighted by Gasteiger charge is 1.94. The minimum absolute atomic E-state index is 1.13. The number of aryl methyl sites for hydroxylation is 1. The van der Waals surface area contributed by atoms with Crippen molar-refractivity contribution < 1.29 is 0 Å². The van der Waals surface area contributed by atoms with Crippen molar-refractivity contribution in [2.75, 3.05) is 5.32 Å². The summed E-state index contributed by atoms with van der Waals surface area (Å²) in [7, 11) is 0. The minimum Gasteiger partial charge on any atom is -0.361 e. The van der Waals surface area contributed by atoms with Crippen LogP contribution in [0.3, 0.4) is 0 Å². The van der Waals surface area contributed by atoms with E-state index in [2.05, 4.69) is 67.7 Å². The molecular formula is C16H17N. The van der Waals surface area contributed by atoms with Crippen LogP contribution >= 0.6 is 0 Å². The third-order valence-electron chi connectivity index (χ3n) is 2.70. The van der Waals surface area contributed by atoms with Gasteiger partial charge >= 0.3 is 0 Å². The van der Waals surface area contributed by atoms with Gasteiger partial charge < -0.3 is 5.32 Å². The van der Waals surface area contributed by atoms with E-state index < -0.39 is 0 Å². The number of hydrogen-bond donors (Lipinski definition) is 1. The second kappa shape index (κ2) is 5.35. The van der Waals surface area contributed by atoms with Gasteiger partial charge in [0.2, 0.25) is 0 Å². The summed E-state index contributed by atoms with van der Waals surface area (Å²) < 4.78 is 0. The van der Waals surface area contributed by atoms with Crippen LogP contribution in [-0.2, 0) is 0 Å². The molecule has 0 aliphatic heterocycles. The molecule has 17 heavy (non-hydrogen) atoms. The zero-order valence-corrected chi connectivity index (χ0v) is 10.3. The van der Waals surface area contributed by atoms with Gasteiger partial charge in [-0.2, -0.15) is 0 Å². The van der Waals surface area contributed by atoms with Gasteiger partial charge in [0.25, 0.3) is 0 Å². The van der Waals surface area contributed by atoms with Gasteiger partial charge in [-0.05, 0) is 42.7 Å². The maximum atomic E-state index is 3.32. The number of rotatable bonds is 3. The summed E-state index contributed by atoms with van der Waals surface area (Å²) >= 11 is 0. The minimum atomic E-state index is 1.13. The van der Waals surface area contributed by atoms with Crippen molar-refractivity contribution in [1.29, 1.82) is 0 Å². The standard InChI is InChI=1S/C16H17N/c1-13-7-6-10-16(11-13)17-12-14(2)15-8-4-3-5-9-15/h3-12,17H,1-2H3/b14-12+. The van der Waals surface area contributed by atoms with E-state index in [4.69, 9.17) is 0 Å². The van der Waals surface area contributed by atoms with Crippen molar-refractivity contribution in [3.8, 4) is 0 Å². The lowest BCUT2D eigenvalue weighted by Crippen LogP contribution is -1.90. The summed E-state index contributed by atoms with van der Waals surface area (Å²) in [5.74, 6) is 0. The average Bonchev–Trinajstić information content (AvgIpc) is 2.37. The summed E-state index contributed by atoms with van der Waals surface area (Å²) in [6.07, 6.45) is 2.05. The van der Waals surface area contributed by atoms with Gasteiger partial charge in [0.05, 0.1) is 0 Å². The molecule has 0 atom stereocenters. The van der Waals surface area contributed by atoms with Crippen LogP contribution in [0.4, 0.5) is 5.69 Å². The van der Waals surface area contributed by atoms with E-state index in [1.807, 2.05) is 12.3 Å². The predicted octanol–water partition coefficient (Wildman–Crippen LogP) is 4.47. The van der Waals surface area contributed by atoms with E-state index in [0.717, 1.165) is 5.69 Å². The second-order valence-corrected chi connectivity index (χ2v) is 4.21. The molecule has 86 valence electrons. The van der Waals surface area contributed by atoms with Crippen molar-refractivity contribution >= 4 is 11.3 Å². The molecule has 0 aliphatic rings. The Morgan fingerprint density at radius 1 is 1.00 bits per heavy atom. The lowest BCUT2D eigenvalue weighted by atomic mass is 10.1. The predicted molar refractivity (Wildman–Crippen MR) is 74.9 cm³/mol. The molecule has 0 saturated carbocycles. The molecule has 1 heteroatoms. The summed E-state index contributed by atoms with van der Waals surface area (Å²) in [5.41, 5.74) is 4.86.